The van der Waals surface area contributed by atoms with E-state index in [4.69, 9.17) is 16.3 Å². The molecule has 0 fully saturated rings. The SMILES string of the molecule is Cc1cc(O)cc(OC/C=C/Cl)c1. The van der Waals surface area contributed by atoms with Crippen LogP contribution in [0.1, 0.15) is 5.56 Å². The van der Waals surface area contributed by atoms with E-state index >= 15 is 0 Å². The highest BCUT2D eigenvalue weighted by Gasteiger charge is 1.96. The molecule has 0 aliphatic carbocycles. The molecule has 0 aliphatic heterocycles. The van der Waals surface area contributed by atoms with Crippen LogP contribution in [0.5, 0.6) is 11.5 Å². The standard InChI is InChI=1S/C10H11ClO2/c1-8-5-9(12)7-10(6-8)13-4-2-3-11/h2-3,5-7,12H,4H2,1H3/b3-2+. The first-order valence-electron chi connectivity index (χ1n) is 3.91. The van der Waals surface area contributed by atoms with Gasteiger partial charge in [-0.2, -0.15) is 0 Å². The zero-order chi connectivity index (χ0) is 9.68. The Morgan fingerprint density at radius 1 is 1.46 bits per heavy atom. The summed E-state index contributed by atoms with van der Waals surface area (Å²) in [6.07, 6.45) is 1.68. The van der Waals surface area contributed by atoms with Crippen molar-refractivity contribution < 1.29 is 9.84 Å². The second-order valence-corrected chi connectivity index (χ2v) is 2.93. The molecule has 0 aromatic heterocycles. The van der Waals surface area contributed by atoms with E-state index in [0.717, 1.165) is 5.56 Å². The molecule has 1 aromatic carbocycles. The van der Waals surface area contributed by atoms with Crippen LogP contribution in [0.2, 0.25) is 0 Å². The molecule has 0 atom stereocenters. The summed E-state index contributed by atoms with van der Waals surface area (Å²) in [5, 5.41) is 9.23. The van der Waals surface area contributed by atoms with Gasteiger partial charge in [-0.05, 0) is 30.7 Å². The molecule has 0 bridgehead atoms. The lowest BCUT2D eigenvalue weighted by molar-refractivity contribution is 0.359. The second-order valence-electron chi connectivity index (χ2n) is 2.68. The van der Waals surface area contributed by atoms with Crippen molar-refractivity contribution in [3.8, 4) is 11.5 Å². The Morgan fingerprint density at radius 2 is 2.23 bits per heavy atom. The monoisotopic (exact) mass is 198 g/mol. The highest BCUT2D eigenvalue weighted by atomic mass is 35.5. The molecule has 0 amide bonds. The van der Waals surface area contributed by atoms with Crippen molar-refractivity contribution in [1.82, 2.24) is 0 Å². The van der Waals surface area contributed by atoms with E-state index in [1.165, 1.54) is 5.54 Å². The number of aromatic hydroxyl groups is 1. The fourth-order valence-electron chi connectivity index (χ4n) is 0.992. The number of benzene rings is 1. The molecule has 70 valence electrons. The summed E-state index contributed by atoms with van der Waals surface area (Å²) in [6, 6.07) is 5.08. The van der Waals surface area contributed by atoms with Gasteiger partial charge in [-0.1, -0.05) is 11.6 Å². The smallest absolute Gasteiger partial charge is 0.123 e. The quantitative estimate of drug-likeness (QED) is 0.810. The van der Waals surface area contributed by atoms with Crippen molar-refractivity contribution in [3.05, 3.63) is 35.4 Å². The molecule has 1 rings (SSSR count). The Morgan fingerprint density at radius 3 is 2.85 bits per heavy atom. The number of aryl methyl sites for hydroxylation is 1. The molecule has 0 saturated carbocycles. The third kappa shape index (κ3) is 3.38. The third-order valence-electron chi connectivity index (χ3n) is 1.47. The first-order chi connectivity index (χ1) is 6.22. The molecule has 13 heavy (non-hydrogen) atoms. The minimum Gasteiger partial charge on any atom is -0.508 e. The van der Waals surface area contributed by atoms with Gasteiger partial charge in [0.25, 0.3) is 0 Å². The summed E-state index contributed by atoms with van der Waals surface area (Å²) in [6.45, 7) is 2.30. The number of hydrogen-bond donors (Lipinski definition) is 1. The van der Waals surface area contributed by atoms with Gasteiger partial charge in [-0.3, -0.25) is 0 Å². The number of phenolic OH excluding ortho intramolecular Hbond substituents is 1. The molecule has 1 N–H and O–H groups in total. The van der Waals surface area contributed by atoms with E-state index in [-0.39, 0.29) is 5.75 Å². The van der Waals surface area contributed by atoms with E-state index < -0.39 is 0 Å². The fraction of sp³-hybridized carbons (Fsp3) is 0.200. The van der Waals surface area contributed by atoms with Crippen LogP contribution in [0, 0.1) is 6.92 Å². The average molecular weight is 199 g/mol. The Bertz CT molecular complexity index is 288. The van der Waals surface area contributed by atoms with Gasteiger partial charge in [-0.15, -0.1) is 0 Å². The largest absolute Gasteiger partial charge is 0.508 e. The van der Waals surface area contributed by atoms with Gasteiger partial charge in [0.2, 0.25) is 0 Å². The Labute approximate surface area is 82.4 Å². The van der Waals surface area contributed by atoms with Gasteiger partial charge in [0.15, 0.2) is 0 Å². The number of ether oxygens (including phenoxy) is 1. The van der Waals surface area contributed by atoms with E-state index in [9.17, 15) is 5.11 Å². The molecule has 2 nitrogen and oxygen atoms in total. The third-order valence-corrected chi connectivity index (χ3v) is 1.65. The van der Waals surface area contributed by atoms with Crippen molar-refractivity contribution in [2.45, 2.75) is 6.92 Å². The van der Waals surface area contributed by atoms with E-state index in [0.29, 0.717) is 12.4 Å². The fourth-order valence-corrected chi connectivity index (χ4v) is 1.07. The highest BCUT2D eigenvalue weighted by molar-refractivity contribution is 6.25. The minimum atomic E-state index is 0.213. The van der Waals surface area contributed by atoms with Gasteiger partial charge >= 0.3 is 0 Å². The summed E-state index contributed by atoms with van der Waals surface area (Å²) in [5.41, 5.74) is 2.36. The molecule has 0 radical (unpaired) electrons. The molecule has 0 saturated heterocycles. The average Bonchev–Trinajstić information content (AvgIpc) is 2.03. The van der Waals surface area contributed by atoms with E-state index in [1.54, 1.807) is 18.2 Å². The maximum absolute atomic E-state index is 9.23. The molecule has 0 heterocycles. The zero-order valence-electron chi connectivity index (χ0n) is 7.33. The lowest BCUT2D eigenvalue weighted by Gasteiger charge is -2.04. The lowest BCUT2D eigenvalue weighted by atomic mass is 10.2. The Balaban J connectivity index is 2.66. The van der Waals surface area contributed by atoms with Crippen molar-refractivity contribution in [2.75, 3.05) is 6.61 Å². The molecule has 0 unspecified atom stereocenters. The molecule has 3 heteroatoms. The Kier molecular flexibility index (Phi) is 3.65. The zero-order valence-corrected chi connectivity index (χ0v) is 8.08. The number of rotatable bonds is 3. The first kappa shape index (κ1) is 9.93. The van der Waals surface area contributed by atoms with Crippen LogP contribution in [0.3, 0.4) is 0 Å². The van der Waals surface area contributed by atoms with Crippen LogP contribution in [0.25, 0.3) is 0 Å². The van der Waals surface area contributed by atoms with Crippen LogP contribution in [-0.4, -0.2) is 11.7 Å². The normalized spacial score (nSPS) is 10.6. The second kappa shape index (κ2) is 4.77. The molecule has 0 spiro atoms. The van der Waals surface area contributed by atoms with Gasteiger partial charge in [-0.25, -0.2) is 0 Å². The van der Waals surface area contributed by atoms with Crippen LogP contribution < -0.4 is 4.74 Å². The van der Waals surface area contributed by atoms with E-state index in [1.807, 2.05) is 13.0 Å². The topological polar surface area (TPSA) is 29.5 Å². The highest BCUT2D eigenvalue weighted by Crippen LogP contribution is 2.20. The minimum absolute atomic E-state index is 0.213. The van der Waals surface area contributed by atoms with E-state index in [2.05, 4.69) is 0 Å². The molecule has 0 aliphatic rings. The van der Waals surface area contributed by atoms with Gasteiger partial charge < -0.3 is 9.84 Å². The van der Waals surface area contributed by atoms with Crippen LogP contribution in [0.15, 0.2) is 29.8 Å². The molecular weight excluding hydrogens is 188 g/mol. The van der Waals surface area contributed by atoms with Gasteiger partial charge in [0.1, 0.15) is 18.1 Å². The van der Waals surface area contributed by atoms with Crippen LogP contribution in [0.4, 0.5) is 0 Å². The Hall–Kier alpha value is -1.15. The maximum atomic E-state index is 9.23. The van der Waals surface area contributed by atoms with Gasteiger partial charge in [0, 0.05) is 11.6 Å². The van der Waals surface area contributed by atoms with Gasteiger partial charge in [0.05, 0.1) is 0 Å². The molecular formula is C10H11ClO2. The summed E-state index contributed by atoms with van der Waals surface area (Å²) in [7, 11) is 0. The number of phenols is 1. The van der Waals surface area contributed by atoms with Crippen molar-refractivity contribution >= 4 is 11.6 Å². The molecule has 1 aromatic rings. The van der Waals surface area contributed by atoms with Crippen molar-refractivity contribution in [2.24, 2.45) is 0 Å². The summed E-state index contributed by atoms with van der Waals surface area (Å²) < 4.78 is 5.28. The summed E-state index contributed by atoms with van der Waals surface area (Å²) in [4.78, 5) is 0. The predicted molar refractivity (Wildman–Crippen MR) is 53.3 cm³/mol. The summed E-state index contributed by atoms with van der Waals surface area (Å²) in [5.74, 6) is 0.858. The maximum Gasteiger partial charge on any atom is 0.123 e. The van der Waals surface area contributed by atoms with Crippen molar-refractivity contribution in [1.29, 1.82) is 0 Å². The van der Waals surface area contributed by atoms with Crippen LogP contribution >= 0.6 is 11.6 Å². The number of halogens is 1. The predicted octanol–water partition coefficient (Wildman–Crippen LogP) is 2.83. The number of hydrogen-bond acceptors (Lipinski definition) is 2. The van der Waals surface area contributed by atoms with Crippen molar-refractivity contribution in [3.63, 3.8) is 0 Å². The summed E-state index contributed by atoms with van der Waals surface area (Å²) >= 11 is 5.32. The van der Waals surface area contributed by atoms with Crippen LogP contribution in [-0.2, 0) is 0 Å². The first-order valence-corrected chi connectivity index (χ1v) is 4.34. The lowest BCUT2D eigenvalue weighted by Crippen LogP contribution is -1.92.